The van der Waals surface area contributed by atoms with Crippen molar-refractivity contribution in [3.8, 4) is 0 Å². The van der Waals surface area contributed by atoms with Gasteiger partial charge in [-0.15, -0.1) is 0 Å². The summed E-state index contributed by atoms with van der Waals surface area (Å²) in [5.74, 6) is -0.344. The summed E-state index contributed by atoms with van der Waals surface area (Å²) in [6.07, 6.45) is 1.45. The zero-order valence-corrected chi connectivity index (χ0v) is 13.9. The second-order valence-corrected chi connectivity index (χ2v) is 6.93. The molecule has 0 radical (unpaired) electrons. The molecule has 1 amide bonds. The Morgan fingerprint density at radius 3 is 2.67 bits per heavy atom. The maximum atomic E-state index is 13.1. The van der Waals surface area contributed by atoms with Gasteiger partial charge in [0.2, 0.25) is 5.91 Å². The minimum atomic E-state index is -0.776. The smallest absolute Gasteiger partial charge is 0.236 e. The number of allylic oxidation sites excluding steroid dienone is 2. The fourth-order valence-corrected chi connectivity index (χ4v) is 4.41. The average Bonchev–Trinajstić information content (AvgIpc) is 3.02. The second-order valence-electron chi connectivity index (χ2n) is 6.49. The van der Waals surface area contributed by atoms with Gasteiger partial charge in [0, 0.05) is 16.6 Å². The fraction of sp³-hybridized carbons (Fsp3) is 0.200. The number of carbonyl (C=O) groups excluding carboxylic acids is 2. The van der Waals surface area contributed by atoms with Gasteiger partial charge in [-0.1, -0.05) is 53.6 Å². The Balaban J connectivity index is 1.98. The molecule has 0 saturated heterocycles. The molecule has 0 unspecified atom stereocenters. The molecule has 4 rings (SSSR count). The number of aldehydes is 1. The van der Waals surface area contributed by atoms with Crippen LogP contribution < -0.4 is 5.32 Å². The number of benzene rings is 2. The maximum absolute atomic E-state index is 13.1. The van der Waals surface area contributed by atoms with Crippen molar-refractivity contribution in [2.45, 2.75) is 24.7 Å². The fourth-order valence-electron chi connectivity index (χ4n) is 4.24. The minimum absolute atomic E-state index is 0.0650. The number of halogens is 1. The van der Waals surface area contributed by atoms with Crippen LogP contribution in [0, 0.1) is 0 Å². The van der Waals surface area contributed by atoms with Crippen LogP contribution in [0.15, 0.2) is 59.7 Å². The molecule has 0 bridgehead atoms. The molecular formula is C20H16ClNO2. The van der Waals surface area contributed by atoms with E-state index in [1.54, 1.807) is 12.1 Å². The predicted molar refractivity (Wildman–Crippen MR) is 94.3 cm³/mol. The van der Waals surface area contributed by atoms with E-state index in [2.05, 4.69) is 5.32 Å². The van der Waals surface area contributed by atoms with Gasteiger partial charge < -0.3 is 5.32 Å². The topological polar surface area (TPSA) is 46.2 Å². The summed E-state index contributed by atoms with van der Waals surface area (Å²) in [4.78, 5) is 24.9. The third kappa shape index (κ3) is 1.91. The van der Waals surface area contributed by atoms with Gasteiger partial charge in [-0.25, -0.2) is 0 Å². The normalized spacial score (nSPS) is 25.1. The van der Waals surface area contributed by atoms with Gasteiger partial charge in [-0.05, 0) is 42.2 Å². The predicted octanol–water partition coefficient (Wildman–Crippen LogP) is 4.23. The van der Waals surface area contributed by atoms with E-state index in [1.165, 1.54) is 0 Å². The van der Waals surface area contributed by atoms with E-state index in [1.807, 2.05) is 43.3 Å². The summed E-state index contributed by atoms with van der Waals surface area (Å²) in [6, 6.07) is 15.3. The molecule has 2 aromatic rings. The quantitative estimate of drug-likeness (QED) is 0.833. The van der Waals surface area contributed by atoms with Gasteiger partial charge in [0.05, 0.1) is 5.41 Å². The second kappa shape index (κ2) is 5.32. The largest absolute Gasteiger partial charge is 0.325 e. The first-order valence-corrected chi connectivity index (χ1v) is 8.27. The van der Waals surface area contributed by atoms with Crippen molar-refractivity contribution < 1.29 is 9.59 Å². The number of hydrogen-bond donors (Lipinski definition) is 1. The molecular weight excluding hydrogens is 322 g/mol. The highest BCUT2D eigenvalue weighted by Crippen LogP contribution is 2.58. The van der Waals surface area contributed by atoms with Gasteiger partial charge in [0.1, 0.15) is 6.29 Å². The van der Waals surface area contributed by atoms with E-state index in [0.717, 1.165) is 28.7 Å². The number of nitrogens with one attached hydrogen (secondary N) is 1. The molecule has 0 fully saturated rings. The molecule has 1 heterocycles. The monoisotopic (exact) mass is 337 g/mol. The van der Waals surface area contributed by atoms with Crippen molar-refractivity contribution in [3.63, 3.8) is 0 Å². The Bertz CT molecular complexity index is 888. The van der Waals surface area contributed by atoms with Crippen LogP contribution in [0.4, 0.5) is 5.69 Å². The first kappa shape index (κ1) is 15.2. The van der Waals surface area contributed by atoms with Crippen LogP contribution in [0.3, 0.4) is 0 Å². The molecule has 1 spiro atoms. The third-order valence-electron chi connectivity index (χ3n) is 5.22. The van der Waals surface area contributed by atoms with Crippen molar-refractivity contribution in [3.05, 3.63) is 75.8 Å². The van der Waals surface area contributed by atoms with E-state index in [0.29, 0.717) is 17.0 Å². The Morgan fingerprint density at radius 2 is 1.96 bits per heavy atom. The standard InChI is InChI=1S/C20H16ClNO2/c1-12-10-20(16-8-7-14(21)9-17(16)22-19(20)24)18(15(12)11-23)13-5-3-2-4-6-13/h2-9,11,18H,10H2,1H3,(H,22,24)/t18-,20+/m1/s1. The third-order valence-corrected chi connectivity index (χ3v) is 5.45. The van der Waals surface area contributed by atoms with Gasteiger partial charge in [0.15, 0.2) is 0 Å². The summed E-state index contributed by atoms with van der Waals surface area (Å²) in [5, 5.41) is 3.55. The van der Waals surface area contributed by atoms with Crippen LogP contribution in [0.5, 0.6) is 0 Å². The highest BCUT2D eigenvalue weighted by molar-refractivity contribution is 6.31. The van der Waals surface area contributed by atoms with E-state index < -0.39 is 5.41 Å². The molecule has 2 aromatic carbocycles. The van der Waals surface area contributed by atoms with Crippen molar-refractivity contribution >= 4 is 29.5 Å². The van der Waals surface area contributed by atoms with Gasteiger partial charge >= 0.3 is 0 Å². The molecule has 2 aliphatic rings. The maximum Gasteiger partial charge on any atom is 0.236 e. The van der Waals surface area contributed by atoms with Crippen LogP contribution in [0.1, 0.15) is 30.4 Å². The Morgan fingerprint density at radius 1 is 1.21 bits per heavy atom. The molecule has 24 heavy (non-hydrogen) atoms. The van der Waals surface area contributed by atoms with Crippen molar-refractivity contribution in [1.82, 2.24) is 0 Å². The number of anilines is 1. The van der Waals surface area contributed by atoms with E-state index in [-0.39, 0.29) is 11.8 Å². The number of carbonyl (C=O) groups is 2. The molecule has 0 saturated carbocycles. The van der Waals surface area contributed by atoms with Crippen LogP contribution in [-0.2, 0) is 15.0 Å². The minimum Gasteiger partial charge on any atom is -0.325 e. The summed E-state index contributed by atoms with van der Waals surface area (Å²) < 4.78 is 0. The molecule has 2 atom stereocenters. The molecule has 1 aliphatic heterocycles. The molecule has 4 heteroatoms. The lowest BCUT2D eigenvalue weighted by Crippen LogP contribution is -2.38. The molecule has 1 N–H and O–H groups in total. The highest BCUT2D eigenvalue weighted by atomic mass is 35.5. The Hall–Kier alpha value is -2.39. The summed E-state index contributed by atoms with van der Waals surface area (Å²) in [5.41, 5.74) is 3.54. The Labute approximate surface area is 145 Å². The number of fused-ring (bicyclic) bond motifs is 2. The zero-order chi connectivity index (χ0) is 16.9. The molecule has 0 aromatic heterocycles. The van der Waals surface area contributed by atoms with Crippen molar-refractivity contribution in [1.29, 1.82) is 0 Å². The summed E-state index contributed by atoms with van der Waals surface area (Å²) in [6.45, 7) is 1.94. The Kier molecular flexibility index (Phi) is 3.36. The average molecular weight is 338 g/mol. The lowest BCUT2D eigenvalue weighted by Gasteiger charge is -2.31. The molecule has 1 aliphatic carbocycles. The van der Waals surface area contributed by atoms with Gasteiger partial charge in [0.25, 0.3) is 0 Å². The van der Waals surface area contributed by atoms with E-state index >= 15 is 0 Å². The SMILES string of the molecule is CC1=C(C=O)[C@@H](c2ccccc2)[C@@]2(C1)C(=O)Nc1cc(Cl)ccc12. The van der Waals surface area contributed by atoms with Crippen molar-refractivity contribution in [2.24, 2.45) is 0 Å². The van der Waals surface area contributed by atoms with Gasteiger partial charge in [-0.2, -0.15) is 0 Å². The zero-order valence-electron chi connectivity index (χ0n) is 13.2. The number of hydrogen-bond acceptors (Lipinski definition) is 2. The van der Waals surface area contributed by atoms with E-state index in [9.17, 15) is 9.59 Å². The molecule has 3 nitrogen and oxygen atoms in total. The lowest BCUT2D eigenvalue weighted by molar-refractivity contribution is -0.121. The first-order chi connectivity index (χ1) is 11.6. The van der Waals surface area contributed by atoms with Crippen LogP contribution in [-0.4, -0.2) is 12.2 Å². The summed E-state index contributed by atoms with van der Waals surface area (Å²) in [7, 11) is 0. The number of amides is 1. The highest BCUT2D eigenvalue weighted by Gasteiger charge is 2.57. The summed E-state index contributed by atoms with van der Waals surface area (Å²) >= 11 is 6.09. The van der Waals surface area contributed by atoms with Crippen molar-refractivity contribution in [2.75, 3.05) is 5.32 Å². The van der Waals surface area contributed by atoms with Gasteiger partial charge in [-0.3, -0.25) is 9.59 Å². The van der Waals surface area contributed by atoms with Crippen LogP contribution in [0.2, 0.25) is 5.02 Å². The lowest BCUT2D eigenvalue weighted by atomic mass is 9.68. The van der Waals surface area contributed by atoms with Crippen LogP contribution >= 0.6 is 11.6 Å². The molecule has 120 valence electrons. The van der Waals surface area contributed by atoms with Crippen LogP contribution in [0.25, 0.3) is 0 Å². The number of rotatable bonds is 2. The van der Waals surface area contributed by atoms with E-state index in [4.69, 9.17) is 11.6 Å². The first-order valence-electron chi connectivity index (χ1n) is 7.89.